The molecule has 1 fully saturated rings. The first kappa shape index (κ1) is 16.8. The van der Waals surface area contributed by atoms with Gasteiger partial charge in [-0.05, 0) is 68.1 Å². The van der Waals surface area contributed by atoms with Crippen molar-refractivity contribution in [2.24, 2.45) is 0 Å². The fraction of sp³-hybridized carbons (Fsp3) is 0.350. The fourth-order valence-corrected chi connectivity index (χ4v) is 2.91. The summed E-state index contributed by atoms with van der Waals surface area (Å²) in [5.74, 6) is 1.62. The van der Waals surface area contributed by atoms with E-state index < -0.39 is 0 Å². The number of benzene rings is 2. The van der Waals surface area contributed by atoms with Crippen LogP contribution in [0.15, 0.2) is 36.4 Å². The third-order valence-corrected chi connectivity index (χ3v) is 4.58. The summed E-state index contributed by atoms with van der Waals surface area (Å²) in [5, 5.41) is 3.50. The van der Waals surface area contributed by atoms with Crippen LogP contribution < -0.4 is 10.1 Å². The minimum absolute atomic E-state index is 0.363. The number of thiocarbonyl (C=S) groups is 1. The Labute approximate surface area is 149 Å². The second-order valence-electron chi connectivity index (χ2n) is 6.37. The zero-order valence-corrected chi connectivity index (χ0v) is 15.2. The van der Waals surface area contributed by atoms with Crippen LogP contribution in [0.1, 0.15) is 41.0 Å². The van der Waals surface area contributed by atoms with Gasteiger partial charge in [0.2, 0.25) is 0 Å². The normalized spacial score (nSPS) is 13.5. The van der Waals surface area contributed by atoms with E-state index in [1.54, 1.807) is 7.11 Å². The summed E-state index contributed by atoms with van der Waals surface area (Å²) in [6, 6.07) is 12.7. The maximum absolute atomic E-state index is 6.06. The Kier molecular flexibility index (Phi) is 5.05. The SMILES string of the molecule is COC(=S)Nc1ccc(C2CC2)cc1COc1ccc(C)cc1C. The average Bonchev–Trinajstić information content (AvgIpc) is 3.40. The monoisotopic (exact) mass is 341 g/mol. The zero-order valence-electron chi connectivity index (χ0n) is 14.4. The van der Waals surface area contributed by atoms with Crippen molar-refractivity contribution in [2.75, 3.05) is 12.4 Å². The van der Waals surface area contributed by atoms with Crippen molar-refractivity contribution in [1.82, 2.24) is 0 Å². The minimum atomic E-state index is 0.363. The lowest BCUT2D eigenvalue weighted by molar-refractivity contribution is 0.304. The van der Waals surface area contributed by atoms with Crippen LogP contribution in [0.2, 0.25) is 0 Å². The zero-order chi connectivity index (χ0) is 17.1. The van der Waals surface area contributed by atoms with E-state index in [2.05, 4.69) is 49.5 Å². The van der Waals surface area contributed by atoms with Crippen LogP contribution >= 0.6 is 12.2 Å². The summed E-state index contributed by atoms with van der Waals surface area (Å²) in [5.41, 5.74) is 5.80. The number of anilines is 1. The van der Waals surface area contributed by atoms with Crippen molar-refractivity contribution in [2.45, 2.75) is 39.2 Å². The first-order valence-electron chi connectivity index (χ1n) is 8.24. The molecule has 126 valence electrons. The van der Waals surface area contributed by atoms with Crippen molar-refractivity contribution in [1.29, 1.82) is 0 Å². The van der Waals surface area contributed by atoms with E-state index in [0.717, 1.165) is 22.6 Å². The molecule has 1 saturated carbocycles. The van der Waals surface area contributed by atoms with Crippen molar-refractivity contribution < 1.29 is 9.47 Å². The molecule has 4 heteroatoms. The number of rotatable bonds is 5. The Morgan fingerprint density at radius 3 is 2.62 bits per heavy atom. The molecular weight excluding hydrogens is 318 g/mol. The molecule has 1 aliphatic rings. The molecule has 0 radical (unpaired) electrons. The first-order valence-corrected chi connectivity index (χ1v) is 8.65. The van der Waals surface area contributed by atoms with Gasteiger partial charge in [0, 0.05) is 11.3 Å². The van der Waals surface area contributed by atoms with Crippen molar-refractivity contribution in [3.05, 3.63) is 58.7 Å². The van der Waals surface area contributed by atoms with Gasteiger partial charge in [-0.2, -0.15) is 0 Å². The summed E-state index contributed by atoms with van der Waals surface area (Å²) in [4.78, 5) is 0. The van der Waals surface area contributed by atoms with Gasteiger partial charge < -0.3 is 14.8 Å². The van der Waals surface area contributed by atoms with Gasteiger partial charge in [0.05, 0.1) is 7.11 Å². The van der Waals surface area contributed by atoms with Crippen LogP contribution in [-0.2, 0) is 11.3 Å². The third kappa shape index (κ3) is 4.06. The largest absolute Gasteiger partial charge is 0.489 e. The summed E-state index contributed by atoms with van der Waals surface area (Å²) >= 11 is 5.13. The van der Waals surface area contributed by atoms with E-state index in [-0.39, 0.29) is 0 Å². The van der Waals surface area contributed by atoms with Gasteiger partial charge in [-0.1, -0.05) is 29.8 Å². The molecule has 3 nitrogen and oxygen atoms in total. The van der Waals surface area contributed by atoms with E-state index in [4.69, 9.17) is 21.7 Å². The Balaban J connectivity index is 1.80. The number of hydrogen-bond acceptors (Lipinski definition) is 3. The lowest BCUT2D eigenvalue weighted by Crippen LogP contribution is -2.13. The van der Waals surface area contributed by atoms with Crippen LogP contribution in [0.3, 0.4) is 0 Å². The van der Waals surface area contributed by atoms with Gasteiger partial charge in [0.15, 0.2) is 0 Å². The molecule has 0 atom stereocenters. The van der Waals surface area contributed by atoms with Crippen molar-refractivity contribution in [3.63, 3.8) is 0 Å². The number of aryl methyl sites for hydroxylation is 2. The molecule has 0 aliphatic heterocycles. The van der Waals surface area contributed by atoms with E-state index in [1.165, 1.54) is 24.0 Å². The molecule has 0 aromatic heterocycles. The minimum Gasteiger partial charge on any atom is -0.489 e. The quantitative estimate of drug-likeness (QED) is 0.766. The second-order valence-corrected chi connectivity index (χ2v) is 6.74. The Bertz CT molecular complexity index is 753. The summed E-state index contributed by atoms with van der Waals surface area (Å²) in [6.45, 7) is 4.66. The van der Waals surface area contributed by atoms with Crippen LogP contribution in [0.4, 0.5) is 5.69 Å². The molecule has 0 heterocycles. The topological polar surface area (TPSA) is 30.5 Å². The second kappa shape index (κ2) is 7.22. The van der Waals surface area contributed by atoms with E-state index in [0.29, 0.717) is 17.7 Å². The van der Waals surface area contributed by atoms with E-state index in [9.17, 15) is 0 Å². The number of ether oxygens (including phenoxy) is 2. The van der Waals surface area contributed by atoms with Gasteiger partial charge in [0.25, 0.3) is 5.17 Å². The molecule has 2 aromatic rings. The Morgan fingerprint density at radius 1 is 1.17 bits per heavy atom. The molecular formula is C20H23NO2S. The predicted molar refractivity (Wildman–Crippen MR) is 102 cm³/mol. The molecule has 24 heavy (non-hydrogen) atoms. The van der Waals surface area contributed by atoms with E-state index >= 15 is 0 Å². The molecule has 1 N–H and O–H groups in total. The molecule has 2 aromatic carbocycles. The summed E-state index contributed by atoms with van der Waals surface area (Å²) in [6.07, 6.45) is 2.56. The number of nitrogens with one attached hydrogen (secondary N) is 1. The summed E-state index contributed by atoms with van der Waals surface area (Å²) < 4.78 is 11.1. The molecule has 0 spiro atoms. The average molecular weight is 341 g/mol. The molecule has 0 saturated heterocycles. The number of methoxy groups -OCH3 is 1. The van der Waals surface area contributed by atoms with Crippen LogP contribution in [-0.4, -0.2) is 12.3 Å². The Hall–Kier alpha value is -2.07. The molecule has 0 bridgehead atoms. The molecule has 0 amide bonds. The standard InChI is InChI=1S/C20H23NO2S/c1-13-4-9-19(14(2)10-13)23-12-17-11-16(15-5-6-15)7-8-18(17)21-20(24)22-3/h4,7-11,15H,5-6,12H2,1-3H3,(H,21,24). The third-order valence-electron chi connectivity index (χ3n) is 4.31. The molecule has 0 unspecified atom stereocenters. The van der Waals surface area contributed by atoms with Gasteiger partial charge >= 0.3 is 0 Å². The highest BCUT2D eigenvalue weighted by atomic mass is 32.1. The van der Waals surface area contributed by atoms with Gasteiger partial charge in [-0.3, -0.25) is 0 Å². The lowest BCUT2D eigenvalue weighted by atomic mass is 10.1. The number of hydrogen-bond donors (Lipinski definition) is 1. The maximum Gasteiger partial charge on any atom is 0.260 e. The van der Waals surface area contributed by atoms with Gasteiger partial charge in [-0.25, -0.2) is 0 Å². The predicted octanol–water partition coefficient (Wildman–Crippen LogP) is 5.10. The first-order chi connectivity index (χ1) is 11.6. The highest BCUT2D eigenvalue weighted by molar-refractivity contribution is 7.80. The fourth-order valence-electron chi connectivity index (χ4n) is 2.80. The summed E-state index contributed by atoms with van der Waals surface area (Å²) in [7, 11) is 1.57. The van der Waals surface area contributed by atoms with Crippen molar-refractivity contribution in [3.8, 4) is 5.75 Å². The Morgan fingerprint density at radius 2 is 1.96 bits per heavy atom. The van der Waals surface area contributed by atoms with Crippen LogP contribution in [0.5, 0.6) is 5.75 Å². The lowest BCUT2D eigenvalue weighted by Gasteiger charge is -2.15. The van der Waals surface area contributed by atoms with E-state index in [1.807, 2.05) is 6.07 Å². The van der Waals surface area contributed by atoms with Gasteiger partial charge in [0.1, 0.15) is 12.4 Å². The molecule has 3 rings (SSSR count). The molecule has 1 aliphatic carbocycles. The van der Waals surface area contributed by atoms with Crippen LogP contribution in [0.25, 0.3) is 0 Å². The van der Waals surface area contributed by atoms with Crippen molar-refractivity contribution >= 4 is 23.1 Å². The van der Waals surface area contributed by atoms with Gasteiger partial charge in [-0.15, -0.1) is 0 Å². The highest BCUT2D eigenvalue weighted by Gasteiger charge is 2.24. The maximum atomic E-state index is 6.06. The highest BCUT2D eigenvalue weighted by Crippen LogP contribution is 2.41. The smallest absolute Gasteiger partial charge is 0.260 e. The van der Waals surface area contributed by atoms with Crippen LogP contribution in [0, 0.1) is 13.8 Å².